The maximum absolute atomic E-state index is 14.1. The zero-order valence-corrected chi connectivity index (χ0v) is 18.3. The number of rotatable bonds is 3. The Labute approximate surface area is 191 Å². The first-order chi connectivity index (χ1) is 15.8. The van der Waals surface area contributed by atoms with Gasteiger partial charge in [0.2, 0.25) is 5.91 Å². The lowest BCUT2D eigenvalue weighted by atomic mass is 9.95. The van der Waals surface area contributed by atoms with Crippen molar-refractivity contribution < 1.29 is 26.7 Å². The number of nitrogens with zero attached hydrogens (tertiary/aromatic N) is 3. The molecular formula is C24H19F5N4O. The van der Waals surface area contributed by atoms with Crippen LogP contribution < -0.4 is 5.32 Å². The predicted octanol–water partition coefficient (Wildman–Crippen LogP) is 6.34. The zero-order chi connectivity index (χ0) is 24.8. The molecule has 10 heteroatoms. The van der Waals surface area contributed by atoms with E-state index in [-0.39, 0.29) is 16.9 Å². The molecule has 1 N–H and O–H groups in total. The number of hydrogen-bond acceptors (Lipinski definition) is 3. The smallest absolute Gasteiger partial charge is 0.325 e. The number of amides is 1. The van der Waals surface area contributed by atoms with Crippen molar-refractivity contribution in [1.29, 1.82) is 0 Å². The molecule has 176 valence electrons. The van der Waals surface area contributed by atoms with Crippen LogP contribution in [0, 0.1) is 17.0 Å². The minimum absolute atomic E-state index is 0.0836. The fraction of sp³-hybridized carbons (Fsp3) is 0.208. The molecule has 0 bridgehead atoms. The van der Waals surface area contributed by atoms with Gasteiger partial charge in [0.25, 0.3) is 0 Å². The normalized spacial score (nSPS) is 12.2. The van der Waals surface area contributed by atoms with Gasteiger partial charge < -0.3 is 5.32 Å². The van der Waals surface area contributed by atoms with E-state index >= 15 is 0 Å². The van der Waals surface area contributed by atoms with E-state index in [0.29, 0.717) is 16.9 Å². The molecule has 0 unspecified atom stereocenters. The third-order valence-corrected chi connectivity index (χ3v) is 5.08. The molecule has 34 heavy (non-hydrogen) atoms. The van der Waals surface area contributed by atoms with Gasteiger partial charge in [-0.15, -0.1) is 0 Å². The number of carbonyl (C=O) groups excluding carboxylic acids is 1. The summed E-state index contributed by atoms with van der Waals surface area (Å²) in [6, 6.07) is 9.51. The Morgan fingerprint density at radius 1 is 0.941 bits per heavy atom. The highest BCUT2D eigenvalue weighted by Crippen LogP contribution is 2.38. The predicted molar refractivity (Wildman–Crippen MR) is 117 cm³/mol. The lowest BCUT2D eigenvalue weighted by molar-refractivity contribution is -0.137. The maximum Gasteiger partial charge on any atom is 0.418 e. The lowest BCUT2D eigenvalue weighted by Gasteiger charge is -2.20. The summed E-state index contributed by atoms with van der Waals surface area (Å²) in [5, 5.41) is 6.64. The quantitative estimate of drug-likeness (QED) is 0.352. The summed E-state index contributed by atoms with van der Waals surface area (Å²) >= 11 is 0. The standard InChI is InChI=1S/C24H19F5N4O/c1-23(2,3)22(34)31-19-10-13(4-7-16(19)24(27,28)29)20-12-33-21(30-20)9-8-18(32-33)15-6-5-14(25)11-17(15)26/h4-12H,1-3H3,(H,31,34). The van der Waals surface area contributed by atoms with Crippen molar-refractivity contribution >= 4 is 17.2 Å². The summed E-state index contributed by atoms with van der Waals surface area (Å²) in [6.45, 7) is 4.78. The fourth-order valence-corrected chi connectivity index (χ4v) is 3.23. The van der Waals surface area contributed by atoms with Crippen molar-refractivity contribution in [3.05, 3.63) is 71.9 Å². The van der Waals surface area contributed by atoms with Crippen LogP contribution in [0.2, 0.25) is 0 Å². The van der Waals surface area contributed by atoms with Crippen molar-refractivity contribution in [2.75, 3.05) is 5.32 Å². The minimum atomic E-state index is -4.67. The van der Waals surface area contributed by atoms with Gasteiger partial charge in [0.05, 0.1) is 28.8 Å². The van der Waals surface area contributed by atoms with E-state index in [9.17, 15) is 26.7 Å². The molecule has 1 amide bonds. The number of carbonyl (C=O) groups is 1. The molecule has 2 aromatic heterocycles. The first-order valence-corrected chi connectivity index (χ1v) is 10.2. The number of anilines is 1. The van der Waals surface area contributed by atoms with Crippen molar-refractivity contribution in [2.24, 2.45) is 5.41 Å². The van der Waals surface area contributed by atoms with Crippen LogP contribution in [0.25, 0.3) is 28.2 Å². The molecule has 0 saturated heterocycles. The van der Waals surface area contributed by atoms with Gasteiger partial charge in [-0.3, -0.25) is 4.79 Å². The Hall–Kier alpha value is -3.82. The molecule has 2 aromatic carbocycles. The van der Waals surface area contributed by atoms with Gasteiger partial charge in [-0.05, 0) is 36.4 Å². The van der Waals surface area contributed by atoms with E-state index in [4.69, 9.17) is 0 Å². The van der Waals surface area contributed by atoms with Gasteiger partial charge in [0, 0.05) is 22.6 Å². The molecule has 0 aliphatic carbocycles. The summed E-state index contributed by atoms with van der Waals surface area (Å²) in [6.07, 6.45) is -3.20. The van der Waals surface area contributed by atoms with Crippen LogP contribution in [-0.4, -0.2) is 20.5 Å². The second kappa shape index (κ2) is 8.19. The lowest BCUT2D eigenvalue weighted by Crippen LogP contribution is -2.28. The fourth-order valence-electron chi connectivity index (χ4n) is 3.23. The van der Waals surface area contributed by atoms with Crippen molar-refractivity contribution in [1.82, 2.24) is 14.6 Å². The van der Waals surface area contributed by atoms with Gasteiger partial charge in [0.15, 0.2) is 5.65 Å². The molecule has 0 fully saturated rings. The molecule has 4 aromatic rings. The van der Waals surface area contributed by atoms with Crippen LogP contribution in [-0.2, 0) is 11.0 Å². The summed E-state index contributed by atoms with van der Waals surface area (Å²) in [4.78, 5) is 16.7. The van der Waals surface area contributed by atoms with Crippen molar-refractivity contribution in [3.63, 3.8) is 0 Å². The third-order valence-electron chi connectivity index (χ3n) is 5.08. The number of nitrogens with one attached hydrogen (secondary N) is 1. The molecular weight excluding hydrogens is 455 g/mol. The number of halogens is 5. The maximum atomic E-state index is 14.1. The molecule has 2 heterocycles. The topological polar surface area (TPSA) is 59.3 Å². The van der Waals surface area contributed by atoms with E-state index in [2.05, 4.69) is 15.4 Å². The van der Waals surface area contributed by atoms with Crippen LogP contribution in [0.4, 0.5) is 27.6 Å². The Kier molecular flexibility index (Phi) is 5.63. The van der Waals surface area contributed by atoms with Crippen LogP contribution in [0.15, 0.2) is 54.7 Å². The van der Waals surface area contributed by atoms with Gasteiger partial charge in [0.1, 0.15) is 11.6 Å². The molecule has 0 atom stereocenters. The first-order valence-electron chi connectivity index (χ1n) is 10.2. The second-order valence-electron chi connectivity index (χ2n) is 8.73. The van der Waals surface area contributed by atoms with Crippen molar-refractivity contribution in [3.8, 4) is 22.5 Å². The molecule has 0 radical (unpaired) electrons. The van der Waals surface area contributed by atoms with E-state index < -0.39 is 34.7 Å². The Bertz CT molecular complexity index is 1400. The third kappa shape index (κ3) is 4.61. The van der Waals surface area contributed by atoms with Crippen LogP contribution in [0.1, 0.15) is 26.3 Å². The average Bonchev–Trinajstić information content (AvgIpc) is 3.15. The molecule has 0 spiro atoms. The number of imidazole rings is 1. The second-order valence-corrected chi connectivity index (χ2v) is 8.73. The van der Waals surface area contributed by atoms with E-state index in [1.807, 2.05) is 0 Å². The Morgan fingerprint density at radius 3 is 2.32 bits per heavy atom. The van der Waals surface area contributed by atoms with Gasteiger partial charge in [-0.25, -0.2) is 18.3 Å². The summed E-state index contributed by atoms with van der Waals surface area (Å²) < 4.78 is 69.3. The average molecular weight is 474 g/mol. The minimum Gasteiger partial charge on any atom is -0.325 e. The monoisotopic (exact) mass is 474 g/mol. The molecule has 5 nitrogen and oxygen atoms in total. The molecule has 0 saturated carbocycles. The van der Waals surface area contributed by atoms with Gasteiger partial charge >= 0.3 is 6.18 Å². The largest absolute Gasteiger partial charge is 0.418 e. The highest BCUT2D eigenvalue weighted by molar-refractivity contribution is 5.96. The number of benzene rings is 2. The Balaban J connectivity index is 1.76. The molecule has 4 rings (SSSR count). The van der Waals surface area contributed by atoms with E-state index in [1.54, 1.807) is 26.8 Å². The number of fused-ring (bicyclic) bond motifs is 1. The molecule has 0 aliphatic rings. The molecule has 0 aliphatic heterocycles. The number of alkyl halides is 3. The number of aromatic nitrogens is 3. The van der Waals surface area contributed by atoms with Crippen molar-refractivity contribution in [2.45, 2.75) is 26.9 Å². The SMILES string of the molecule is CC(C)(C)C(=O)Nc1cc(-c2cn3nc(-c4ccc(F)cc4F)ccc3n2)ccc1C(F)(F)F. The first kappa shape index (κ1) is 23.3. The van der Waals surface area contributed by atoms with E-state index in [1.165, 1.54) is 35.0 Å². The van der Waals surface area contributed by atoms with Gasteiger partial charge in [-0.2, -0.15) is 18.3 Å². The summed E-state index contributed by atoms with van der Waals surface area (Å²) in [5.41, 5.74) is -0.991. The number of hydrogen-bond donors (Lipinski definition) is 1. The van der Waals surface area contributed by atoms with Crippen LogP contribution in [0.5, 0.6) is 0 Å². The van der Waals surface area contributed by atoms with Gasteiger partial charge in [-0.1, -0.05) is 26.8 Å². The highest BCUT2D eigenvalue weighted by Gasteiger charge is 2.35. The zero-order valence-electron chi connectivity index (χ0n) is 18.3. The van der Waals surface area contributed by atoms with Crippen LogP contribution in [0.3, 0.4) is 0 Å². The summed E-state index contributed by atoms with van der Waals surface area (Å²) in [7, 11) is 0. The summed E-state index contributed by atoms with van der Waals surface area (Å²) in [5.74, 6) is -2.07. The highest BCUT2D eigenvalue weighted by atomic mass is 19.4. The Morgan fingerprint density at radius 2 is 1.68 bits per heavy atom. The van der Waals surface area contributed by atoms with E-state index in [0.717, 1.165) is 18.2 Å². The van der Waals surface area contributed by atoms with Crippen LogP contribution >= 0.6 is 0 Å².